The van der Waals surface area contributed by atoms with Crippen molar-refractivity contribution in [3.63, 3.8) is 0 Å². The zero-order chi connectivity index (χ0) is 16.3. The SMILES string of the molecule is Cl.O=[N+]([O-])c1ccc(O)cc1[C@H](N1CCNCC1)C(F)(F)CO. The largest absolute Gasteiger partial charge is 0.508 e. The number of phenolic OH excluding ortho intramolecular Hbond substituents is 1. The Labute approximate surface area is 137 Å². The average Bonchev–Trinajstić information content (AvgIpc) is 2.48. The molecular weight excluding hydrogens is 336 g/mol. The van der Waals surface area contributed by atoms with Crippen LogP contribution in [0, 0.1) is 10.1 Å². The van der Waals surface area contributed by atoms with Crippen LogP contribution < -0.4 is 5.32 Å². The van der Waals surface area contributed by atoms with Crippen molar-refractivity contribution in [3.8, 4) is 5.75 Å². The van der Waals surface area contributed by atoms with E-state index < -0.39 is 29.2 Å². The number of phenols is 1. The van der Waals surface area contributed by atoms with E-state index >= 15 is 0 Å². The normalized spacial score (nSPS) is 17.3. The number of nitro benzene ring substituents is 1. The zero-order valence-corrected chi connectivity index (χ0v) is 12.9. The third kappa shape index (κ3) is 4.25. The van der Waals surface area contributed by atoms with Gasteiger partial charge in [-0.25, -0.2) is 8.78 Å². The number of aromatic hydroxyl groups is 1. The Balaban J connectivity index is 0.00000264. The van der Waals surface area contributed by atoms with Gasteiger partial charge in [-0.15, -0.1) is 12.4 Å². The number of nitrogens with one attached hydrogen (secondary N) is 1. The molecule has 130 valence electrons. The molecule has 0 aromatic heterocycles. The van der Waals surface area contributed by atoms with Crippen molar-refractivity contribution in [1.29, 1.82) is 0 Å². The molecule has 0 radical (unpaired) electrons. The van der Waals surface area contributed by atoms with Crippen LogP contribution in [-0.4, -0.2) is 58.7 Å². The molecule has 1 aliphatic rings. The number of nitro groups is 1. The van der Waals surface area contributed by atoms with Crippen molar-refractivity contribution in [1.82, 2.24) is 10.2 Å². The van der Waals surface area contributed by atoms with Crippen molar-refractivity contribution in [2.75, 3.05) is 32.8 Å². The fourth-order valence-electron chi connectivity index (χ4n) is 2.65. The van der Waals surface area contributed by atoms with Gasteiger partial charge < -0.3 is 15.5 Å². The number of nitrogens with zero attached hydrogens (tertiary/aromatic N) is 2. The van der Waals surface area contributed by atoms with E-state index in [0.29, 0.717) is 13.1 Å². The van der Waals surface area contributed by atoms with Gasteiger partial charge in [-0.2, -0.15) is 0 Å². The first-order valence-corrected chi connectivity index (χ1v) is 6.77. The number of halogens is 3. The van der Waals surface area contributed by atoms with Crippen molar-refractivity contribution in [2.45, 2.75) is 12.0 Å². The van der Waals surface area contributed by atoms with Gasteiger partial charge in [0, 0.05) is 32.2 Å². The number of alkyl halides is 2. The van der Waals surface area contributed by atoms with E-state index in [4.69, 9.17) is 5.11 Å². The van der Waals surface area contributed by atoms with Crippen LogP contribution in [0.4, 0.5) is 14.5 Å². The van der Waals surface area contributed by atoms with Crippen molar-refractivity contribution >= 4 is 18.1 Å². The van der Waals surface area contributed by atoms with Crippen LogP contribution in [-0.2, 0) is 0 Å². The van der Waals surface area contributed by atoms with E-state index in [0.717, 1.165) is 18.2 Å². The molecular formula is C13H18ClF2N3O4. The van der Waals surface area contributed by atoms with Crippen LogP contribution >= 0.6 is 12.4 Å². The predicted molar refractivity (Wildman–Crippen MR) is 81.2 cm³/mol. The van der Waals surface area contributed by atoms with Crippen LogP contribution in [0.1, 0.15) is 11.6 Å². The Morgan fingerprint density at radius 1 is 1.39 bits per heavy atom. The molecule has 10 heteroatoms. The van der Waals surface area contributed by atoms with Crippen molar-refractivity contribution in [2.24, 2.45) is 0 Å². The minimum atomic E-state index is -3.57. The van der Waals surface area contributed by atoms with Gasteiger partial charge in [0.25, 0.3) is 11.6 Å². The third-order valence-corrected chi connectivity index (χ3v) is 3.63. The second kappa shape index (κ2) is 7.82. The van der Waals surface area contributed by atoms with Gasteiger partial charge in [-0.3, -0.25) is 15.0 Å². The summed E-state index contributed by atoms with van der Waals surface area (Å²) in [5.74, 6) is -3.91. The summed E-state index contributed by atoms with van der Waals surface area (Å²) in [6.45, 7) is 0.00375. The summed E-state index contributed by atoms with van der Waals surface area (Å²) in [6, 6.07) is 1.36. The first kappa shape index (κ1) is 19.5. The smallest absolute Gasteiger partial charge is 0.290 e. The molecule has 1 atom stereocenters. The summed E-state index contributed by atoms with van der Waals surface area (Å²) in [7, 11) is 0. The third-order valence-electron chi connectivity index (χ3n) is 3.63. The lowest BCUT2D eigenvalue weighted by molar-refractivity contribution is -0.386. The number of benzene rings is 1. The summed E-state index contributed by atoms with van der Waals surface area (Å²) in [5.41, 5.74) is -0.805. The van der Waals surface area contributed by atoms with E-state index in [-0.39, 0.29) is 36.8 Å². The molecule has 1 saturated heterocycles. The molecule has 0 saturated carbocycles. The van der Waals surface area contributed by atoms with Gasteiger partial charge >= 0.3 is 0 Å². The van der Waals surface area contributed by atoms with Gasteiger partial charge in [0.05, 0.1) is 10.5 Å². The number of piperazine rings is 1. The maximum absolute atomic E-state index is 14.2. The Morgan fingerprint density at radius 2 is 2.00 bits per heavy atom. The minimum absolute atomic E-state index is 0. The fourth-order valence-corrected chi connectivity index (χ4v) is 2.65. The molecule has 1 fully saturated rings. The van der Waals surface area contributed by atoms with E-state index in [1.807, 2.05) is 0 Å². The molecule has 0 unspecified atom stereocenters. The summed E-state index contributed by atoms with van der Waals surface area (Å²) < 4.78 is 28.5. The quantitative estimate of drug-likeness (QED) is 0.545. The molecule has 0 aliphatic carbocycles. The number of aliphatic hydroxyl groups excluding tert-OH is 1. The van der Waals surface area contributed by atoms with Crippen molar-refractivity contribution in [3.05, 3.63) is 33.9 Å². The Hall–Kier alpha value is -1.55. The van der Waals surface area contributed by atoms with Crippen LogP contribution in [0.3, 0.4) is 0 Å². The standard InChI is InChI=1S/C13H17F2N3O4.ClH/c14-13(15,8-19)12(17-5-3-16-4-6-17)10-7-9(20)1-2-11(10)18(21)22;/h1-2,7,12,16,19-20H,3-6,8H2;1H/t12-;/m0./s1. The van der Waals surface area contributed by atoms with Crippen LogP contribution in [0.15, 0.2) is 18.2 Å². The maximum Gasteiger partial charge on any atom is 0.290 e. The predicted octanol–water partition coefficient (Wildman–Crippen LogP) is 1.30. The molecule has 1 aliphatic heterocycles. The Morgan fingerprint density at radius 3 is 2.52 bits per heavy atom. The van der Waals surface area contributed by atoms with Crippen LogP contribution in [0.2, 0.25) is 0 Å². The highest BCUT2D eigenvalue weighted by molar-refractivity contribution is 5.85. The van der Waals surface area contributed by atoms with Crippen LogP contribution in [0.25, 0.3) is 0 Å². The highest BCUT2D eigenvalue weighted by atomic mass is 35.5. The lowest BCUT2D eigenvalue weighted by atomic mass is 9.96. The Kier molecular flexibility index (Phi) is 6.63. The number of rotatable bonds is 5. The number of hydrogen-bond donors (Lipinski definition) is 3. The first-order valence-electron chi connectivity index (χ1n) is 6.77. The summed E-state index contributed by atoms with van der Waals surface area (Å²) in [4.78, 5) is 11.7. The number of aliphatic hydroxyl groups is 1. The van der Waals surface area contributed by atoms with E-state index in [1.165, 1.54) is 4.90 Å². The van der Waals surface area contributed by atoms with E-state index in [9.17, 15) is 24.0 Å². The topological polar surface area (TPSA) is 98.9 Å². The molecule has 0 spiro atoms. The minimum Gasteiger partial charge on any atom is -0.508 e. The highest BCUT2D eigenvalue weighted by Crippen LogP contribution is 2.41. The monoisotopic (exact) mass is 353 g/mol. The average molecular weight is 354 g/mol. The van der Waals surface area contributed by atoms with Gasteiger partial charge in [0.2, 0.25) is 0 Å². The molecule has 23 heavy (non-hydrogen) atoms. The van der Waals surface area contributed by atoms with Crippen molar-refractivity contribution < 1.29 is 23.9 Å². The fraction of sp³-hybridized carbons (Fsp3) is 0.538. The maximum atomic E-state index is 14.2. The molecule has 7 nitrogen and oxygen atoms in total. The molecule has 1 aromatic carbocycles. The second-order valence-corrected chi connectivity index (χ2v) is 5.11. The van der Waals surface area contributed by atoms with E-state index in [1.54, 1.807) is 0 Å². The molecule has 3 N–H and O–H groups in total. The van der Waals surface area contributed by atoms with Gasteiger partial charge in [-0.1, -0.05) is 0 Å². The second-order valence-electron chi connectivity index (χ2n) is 5.11. The summed E-state index contributed by atoms with van der Waals surface area (Å²) >= 11 is 0. The summed E-state index contributed by atoms with van der Waals surface area (Å²) in [5, 5.41) is 32.7. The van der Waals surface area contributed by atoms with Gasteiger partial charge in [0.15, 0.2) is 0 Å². The van der Waals surface area contributed by atoms with Crippen LogP contribution in [0.5, 0.6) is 5.75 Å². The molecule has 1 aromatic rings. The summed E-state index contributed by atoms with van der Waals surface area (Å²) in [6.07, 6.45) is 0. The zero-order valence-electron chi connectivity index (χ0n) is 12.1. The van der Waals surface area contributed by atoms with Gasteiger partial charge in [0.1, 0.15) is 18.4 Å². The number of hydrogen-bond acceptors (Lipinski definition) is 6. The molecule has 0 bridgehead atoms. The molecule has 2 rings (SSSR count). The lowest BCUT2D eigenvalue weighted by Crippen LogP contribution is -2.51. The molecule has 1 heterocycles. The highest BCUT2D eigenvalue weighted by Gasteiger charge is 2.46. The first-order chi connectivity index (χ1) is 10.4. The molecule has 0 amide bonds. The lowest BCUT2D eigenvalue weighted by Gasteiger charge is -2.38. The Bertz CT molecular complexity index is 556. The van der Waals surface area contributed by atoms with E-state index in [2.05, 4.69) is 5.32 Å². The van der Waals surface area contributed by atoms with Gasteiger partial charge in [-0.05, 0) is 12.1 Å².